The van der Waals surface area contributed by atoms with E-state index in [9.17, 15) is 43.2 Å². The summed E-state index contributed by atoms with van der Waals surface area (Å²) in [6.45, 7) is 14.0. The Balaban J connectivity index is 5.20. The van der Waals surface area contributed by atoms with Crippen LogP contribution in [0.15, 0.2) is 0 Å². The van der Waals surface area contributed by atoms with Crippen LogP contribution in [0.5, 0.6) is 0 Å². The molecule has 0 aliphatic heterocycles. The molecule has 17 nitrogen and oxygen atoms in total. The SMILES string of the molecule is CCC(C)CCCCCCCCC(=O)OC[C@H](COP(=O)(O)OC[C@H](O)COP(=O)(O)OC[C@@H](COC(=O)CCCCCCCCCC(C)C)OC(=O)CCCCCCCCCCCCCCCCCCC(C)C)OC(=O)CCCCCCCCC(C)CC. The first-order chi connectivity index (χ1) is 42.7. The Bertz CT molecular complexity index is 1770. The predicted octanol–water partition coefficient (Wildman–Crippen LogP) is 19.7. The van der Waals surface area contributed by atoms with Crippen LogP contribution in [0.4, 0.5) is 0 Å². The molecule has 0 fully saturated rings. The molecule has 0 saturated heterocycles. The van der Waals surface area contributed by atoms with E-state index in [1.54, 1.807) is 0 Å². The van der Waals surface area contributed by atoms with Crippen molar-refractivity contribution in [2.45, 2.75) is 363 Å². The first-order valence-corrected chi connectivity index (χ1v) is 39.3. The second-order valence-electron chi connectivity index (χ2n) is 26.7. The molecule has 4 unspecified atom stereocenters. The Morgan fingerprint density at radius 2 is 0.539 bits per heavy atom. The van der Waals surface area contributed by atoms with Crippen molar-refractivity contribution in [1.29, 1.82) is 0 Å². The number of hydrogen-bond acceptors (Lipinski definition) is 15. The lowest BCUT2D eigenvalue weighted by molar-refractivity contribution is -0.161. The molecule has 89 heavy (non-hydrogen) atoms. The number of rotatable bonds is 67. The highest BCUT2D eigenvalue weighted by atomic mass is 31.2. The number of hydrogen-bond donors (Lipinski definition) is 3. The number of aliphatic hydroxyl groups is 1. The van der Waals surface area contributed by atoms with E-state index >= 15 is 0 Å². The number of unbranched alkanes of at least 4 members (excludes halogenated alkanes) is 31. The molecule has 0 aromatic heterocycles. The summed E-state index contributed by atoms with van der Waals surface area (Å²) in [7, 11) is -9.90. The monoisotopic (exact) mass is 1310 g/mol. The van der Waals surface area contributed by atoms with Gasteiger partial charge in [0.25, 0.3) is 0 Å². The summed E-state index contributed by atoms with van der Waals surface area (Å²) in [6.07, 6.45) is 41.9. The molecular weight excluding hydrogens is 1170 g/mol. The fourth-order valence-electron chi connectivity index (χ4n) is 10.4. The number of phosphoric acid groups is 2. The Kier molecular flexibility index (Phi) is 58.5. The normalized spacial score (nSPS) is 14.9. The molecule has 0 aromatic rings. The van der Waals surface area contributed by atoms with Gasteiger partial charge in [-0.2, -0.15) is 0 Å². The first-order valence-electron chi connectivity index (χ1n) is 36.3. The maximum absolute atomic E-state index is 13.0. The number of aliphatic hydroxyl groups excluding tert-OH is 1. The summed E-state index contributed by atoms with van der Waals surface area (Å²) < 4.78 is 68.2. The molecule has 0 radical (unpaired) electrons. The van der Waals surface area contributed by atoms with E-state index < -0.39 is 97.5 Å². The van der Waals surface area contributed by atoms with Gasteiger partial charge >= 0.3 is 39.5 Å². The number of esters is 4. The topological polar surface area (TPSA) is 237 Å². The third-order valence-electron chi connectivity index (χ3n) is 16.8. The van der Waals surface area contributed by atoms with Crippen molar-refractivity contribution in [1.82, 2.24) is 0 Å². The van der Waals surface area contributed by atoms with Gasteiger partial charge in [-0.05, 0) is 49.4 Å². The van der Waals surface area contributed by atoms with Gasteiger partial charge in [0.15, 0.2) is 12.2 Å². The van der Waals surface area contributed by atoms with Gasteiger partial charge in [-0.15, -0.1) is 0 Å². The van der Waals surface area contributed by atoms with Crippen molar-refractivity contribution in [2.75, 3.05) is 39.6 Å². The zero-order valence-corrected chi connectivity index (χ0v) is 59.8. The zero-order valence-electron chi connectivity index (χ0n) is 58.1. The van der Waals surface area contributed by atoms with Crippen molar-refractivity contribution in [3.05, 3.63) is 0 Å². The van der Waals surface area contributed by atoms with Crippen LogP contribution < -0.4 is 0 Å². The van der Waals surface area contributed by atoms with E-state index in [0.717, 1.165) is 120 Å². The molecule has 19 heteroatoms. The molecule has 3 N–H and O–H groups in total. The highest BCUT2D eigenvalue weighted by molar-refractivity contribution is 7.47. The van der Waals surface area contributed by atoms with E-state index in [0.29, 0.717) is 31.6 Å². The molecule has 0 rings (SSSR count). The minimum Gasteiger partial charge on any atom is -0.462 e. The lowest BCUT2D eigenvalue weighted by Crippen LogP contribution is -2.30. The Hall–Kier alpha value is -1.94. The van der Waals surface area contributed by atoms with Gasteiger partial charge in [-0.1, -0.05) is 293 Å². The average Bonchev–Trinajstić information content (AvgIpc) is 3.71. The van der Waals surface area contributed by atoms with Gasteiger partial charge in [-0.3, -0.25) is 37.3 Å². The summed E-state index contributed by atoms with van der Waals surface area (Å²) in [5.74, 6) is 0.831. The lowest BCUT2D eigenvalue weighted by atomic mass is 10.00. The average molecular weight is 1310 g/mol. The molecule has 0 amide bonds. The highest BCUT2D eigenvalue weighted by Gasteiger charge is 2.30. The van der Waals surface area contributed by atoms with E-state index in [-0.39, 0.29) is 25.7 Å². The Labute approximate surface area is 543 Å². The molecule has 528 valence electrons. The quantitative estimate of drug-likeness (QED) is 0.0222. The zero-order chi connectivity index (χ0) is 66.1. The molecule has 0 bridgehead atoms. The van der Waals surface area contributed by atoms with E-state index in [1.165, 1.54) is 135 Å². The van der Waals surface area contributed by atoms with Crippen LogP contribution in [0, 0.1) is 23.7 Å². The van der Waals surface area contributed by atoms with Crippen molar-refractivity contribution in [3.8, 4) is 0 Å². The second kappa shape index (κ2) is 59.8. The van der Waals surface area contributed by atoms with Crippen molar-refractivity contribution in [3.63, 3.8) is 0 Å². The van der Waals surface area contributed by atoms with Crippen LogP contribution in [0.2, 0.25) is 0 Å². The van der Waals surface area contributed by atoms with Crippen LogP contribution in [0.25, 0.3) is 0 Å². The summed E-state index contributed by atoms with van der Waals surface area (Å²) >= 11 is 0. The van der Waals surface area contributed by atoms with Gasteiger partial charge in [0, 0.05) is 25.7 Å². The number of phosphoric ester groups is 2. The summed E-state index contributed by atoms with van der Waals surface area (Å²) in [5, 5.41) is 10.6. The summed E-state index contributed by atoms with van der Waals surface area (Å²) in [5.41, 5.74) is 0. The van der Waals surface area contributed by atoms with Gasteiger partial charge in [0.2, 0.25) is 0 Å². The van der Waals surface area contributed by atoms with Crippen molar-refractivity contribution < 1.29 is 80.2 Å². The predicted molar refractivity (Wildman–Crippen MR) is 358 cm³/mol. The smallest absolute Gasteiger partial charge is 0.462 e. The molecule has 7 atom stereocenters. The third kappa shape index (κ3) is 62.0. The van der Waals surface area contributed by atoms with Crippen LogP contribution in [-0.2, 0) is 65.4 Å². The molecule has 0 saturated carbocycles. The van der Waals surface area contributed by atoms with Crippen LogP contribution >= 0.6 is 15.6 Å². The standard InChI is InChI=1S/C70H136O17P2/c1-9-62(7)48-40-32-26-28-35-43-51-68(73)81-57-66(87-70(75)53-45-37-29-27-33-41-49-63(8)10-2)59-85-89(78,79)83-55-64(71)54-82-88(76,77)84-58-65(56-80-67(72)50-42-34-25-21-23-31-39-47-61(5)6)86-69(74)52-44-36-24-20-18-16-14-12-11-13-15-17-19-22-30-38-46-60(3)4/h60-66,71H,9-59H2,1-8H3,(H,76,77)(H,78,79)/t62?,63?,64-,65-,66-/m1/s1. The highest BCUT2D eigenvalue weighted by Crippen LogP contribution is 2.45. The van der Waals surface area contributed by atoms with Gasteiger partial charge in [0.1, 0.15) is 19.3 Å². The number of carbonyl (C=O) groups is 4. The number of carbonyl (C=O) groups excluding carboxylic acids is 4. The van der Waals surface area contributed by atoms with Gasteiger partial charge < -0.3 is 33.8 Å². The Morgan fingerprint density at radius 3 is 0.798 bits per heavy atom. The molecule has 0 heterocycles. The van der Waals surface area contributed by atoms with E-state index in [4.69, 9.17) is 37.0 Å². The van der Waals surface area contributed by atoms with Crippen LogP contribution in [0.1, 0.15) is 344 Å². The lowest BCUT2D eigenvalue weighted by Gasteiger charge is -2.21. The summed E-state index contributed by atoms with van der Waals surface area (Å²) in [4.78, 5) is 72.4. The fraction of sp³-hybridized carbons (Fsp3) is 0.943. The van der Waals surface area contributed by atoms with Crippen LogP contribution in [0.3, 0.4) is 0 Å². The molecule has 0 spiro atoms. The third-order valence-corrected chi connectivity index (χ3v) is 18.7. The van der Waals surface area contributed by atoms with Crippen LogP contribution in [-0.4, -0.2) is 96.7 Å². The molecular formula is C70H136O17P2. The van der Waals surface area contributed by atoms with E-state index in [2.05, 4.69) is 55.4 Å². The summed E-state index contributed by atoms with van der Waals surface area (Å²) in [6, 6.07) is 0. The molecule has 0 aliphatic carbocycles. The van der Waals surface area contributed by atoms with E-state index in [1.807, 2.05) is 0 Å². The maximum atomic E-state index is 13.0. The van der Waals surface area contributed by atoms with Gasteiger partial charge in [-0.25, -0.2) is 9.13 Å². The number of ether oxygens (including phenoxy) is 4. The second-order valence-corrected chi connectivity index (χ2v) is 29.6. The van der Waals surface area contributed by atoms with Gasteiger partial charge in [0.05, 0.1) is 26.4 Å². The van der Waals surface area contributed by atoms with Crippen molar-refractivity contribution >= 4 is 39.5 Å². The Morgan fingerprint density at radius 1 is 0.315 bits per heavy atom. The van der Waals surface area contributed by atoms with Crippen molar-refractivity contribution in [2.24, 2.45) is 23.7 Å². The minimum absolute atomic E-state index is 0.102. The first kappa shape index (κ1) is 87.1. The minimum atomic E-state index is -4.95. The molecule has 0 aromatic carbocycles. The largest absolute Gasteiger partial charge is 0.472 e. The maximum Gasteiger partial charge on any atom is 0.472 e. The fourth-order valence-corrected chi connectivity index (χ4v) is 12.0. The molecule has 0 aliphatic rings.